The predicted molar refractivity (Wildman–Crippen MR) is 90.8 cm³/mol. The molecule has 1 aromatic carbocycles. The molecular formula is C19H21FN2O3. The Morgan fingerprint density at radius 1 is 1.60 bits per heavy atom. The lowest BCUT2D eigenvalue weighted by atomic mass is 9.91. The van der Waals surface area contributed by atoms with Crippen LogP contribution in [0.3, 0.4) is 0 Å². The van der Waals surface area contributed by atoms with E-state index in [-0.39, 0.29) is 24.1 Å². The Morgan fingerprint density at radius 2 is 2.32 bits per heavy atom. The van der Waals surface area contributed by atoms with Crippen LogP contribution in [0.25, 0.3) is 10.9 Å². The van der Waals surface area contributed by atoms with E-state index in [1.54, 1.807) is 11.5 Å². The van der Waals surface area contributed by atoms with Crippen molar-refractivity contribution in [3.05, 3.63) is 34.3 Å². The standard InChI is InChI=1S/C19H21FN2O3/c1-4-10(2)19-18-12(5-6-25-19)16-13(8-21)14(20)7-11(3)17(16)22(18)9-15(23)24/h7,10,19H,4-6,9H2,1-3H3,(H,23,24)/t10?,19-/m1/s1. The van der Waals surface area contributed by atoms with Crippen molar-refractivity contribution in [2.75, 3.05) is 6.61 Å². The van der Waals surface area contributed by atoms with Crippen molar-refractivity contribution in [1.29, 1.82) is 5.26 Å². The van der Waals surface area contributed by atoms with E-state index < -0.39 is 11.8 Å². The maximum absolute atomic E-state index is 14.4. The van der Waals surface area contributed by atoms with Crippen LogP contribution in [0, 0.1) is 30.0 Å². The number of halogens is 1. The van der Waals surface area contributed by atoms with Crippen LogP contribution in [0.1, 0.15) is 48.8 Å². The van der Waals surface area contributed by atoms with Gasteiger partial charge in [0.15, 0.2) is 0 Å². The first-order valence-corrected chi connectivity index (χ1v) is 8.48. The molecule has 0 spiro atoms. The third-order valence-corrected chi connectivity index (χ3v) is 5.10. The van der Waals surface area contributed by atoms with E-state index in [2.05, 4.69) is 13.8 Å². The lowest BCUT2D eigenvalue weighted by molar-refractivity contribution is -0.137. The van der Waals surface area contributed by atoms with Crippen LogP contribution in [0.2, 0.25) is 0 Å². The Kier molecular flexibility index (Phi) is 4.53. The van der Waals surface area contributed by atoms with Gasteiger partial charge in [-0.15, -0.1) is 0 Å². The molecule has 1 aromatic heterocycles. The Morgan fingerprint density at radius 3 is 2.92 bits per heavy atom. The smallest absolute Gasteiger partial charge is 0.323 e. The molecule has 5 nitrogen and oxygen atoms in total. The molecule has 1 N–H and O–H groups in total. The second kappa shape index (κ2) is 6.49. The van der Waals surface area contributed by atoms with Crippen LogP contribution < -0.4 is 0 Å². The van der Waals surface area contributed by atoms with E-state index in [9.17, 15) is 19.6 Å². The minimum atomic E-state index is -0.976. The van der Waals surface area contributed by atoms with Gasteiger partial charge in [0.05, 0.1) is 23.4 Å². The van der Waals surface area contributed by atoms with E-state index in [1.165, 1.54) is 6.07 Å². The summed E-state index contributed by atoms with van der Waals surface area (Å²) in [5.74, 6) is -1.35. The molecular weight excluding hydrogens is 323 g/mol. The number of nitriles is 1. The first-order valence-electron chi connectivity index (χ1n) is 8.48. The Balaban J connectivity index is 2.44. The summed E-state index contributed by atoms with van der Waals surface area (Å²) in [6.45, 7) is 6.10. The van der Waals surface area contributed by atoms with Crippen molar-refractivity contribution in [1.82, 2.24) is 4.57 Å². The highest BCUT2D eigenvalue weighted by Gasteiger charge is 2.34. The summed E-state index contributed by atoms with van der Waals surface area (Å²) in [5.41, 5.74) is 2.88. The molecule has 1 unspecified atom stereocenters. The number of ether oxygens (including phenoxy) is 1. The molecule has 0 fully saturated rings. The van der Waals surface area contributed by atoms with Crippen LogP contribution in [0.5, 0.6) is 0 Å². The molecule has 1 aliphatic heterocycles. The number of hydrogen-bond donors (Lipinski definition) is 1. The summed E-state index contributed by atoms with van der Waals surface area (Å²) in [6.07, 6.45) is 1.16. The summed E-state index contributed by atoms with van der Waals surface area (Å²) in [5, 5.41) is 19.4. The molecule has 2 heterocycles. The molecule has 2 aromatic rings. The van der Waals surface area contributed by atoms with E-state index >= 15 is 0 Å². The number of carboxylic acid groups (broad SMARTS) is 1. The Labute approximate surface area is 145 Å². The SMILES string of the molecule is CCC(C)[C@H]1OCCc2c1n(CC(=O)O)c1c(C)cc(F)c(C#N)c21. The summed E-state index contributed by atoms with van der Waals surface area (Å²) in [4.78, 5) is 11.5. The predicted octanol–water partition coefficient (Wildman–Crippen LogP) is 3.71. The van der Waals surface area contributed by atoms with Crippen LogP contribution in [-0.2, 0) is 22.5 Å². The molecule has 0 bridgehead atoms. The van der Waals surface area contributed by atoms with E-state index in [0.717, 1.165) is 17.7 Å². The fourth-order valence-electron chi connectivity index (χ4n) is 3.82. The molecule has 1 aliphatic rings. The van der Waals surface area contributed by atoms with E-state index in [0.29, 0.717) is 29.5 Å². The third-order valence-electron chi connectivity index (χ3n) is 5.10. The lowest BCUT2D eigenvalue weighted by Crippen LogP contribution is -2.25. The quantitative estimate of drug-likeness (QED) is 0.917. The average molecular weight is 344 g/mol. The fraction of sp³-hybridized carbons (Fsp3) is 0.474. The van der Waals surface area contributed by atoms with Crippen LogP contribution in [0.15, 0.2) is 6.07 Å². The first-order chi connectivity index (χ1) is 11.9. The zero-order valence-corrected chi connectivity index (χ0v) is 14.6. The monoisotopic (exact) mass is 344 g/mol. The highest BCUT2D eigenvalue weighted by atomic mass is 19.1. The number of hydrogen-bond acceptors (Lipinski definition) is 3. The van der Waals surface area contributed by atoms with Crippen LogP contribution in [0.4, 0.5) is 4.39 Å². The second-order valence-corrected chi connectivity index (χ2v) is 6.66. The molecule has 0 aliphatic carbocycles. The normalized spacial score (nSPS) is 18.0. The molecule has 0 saturated carbocycles. The first kappa shape index (κ1) is 17.4. The number of benzene rings is 1. The van der Waals surface area contributed by atoms with Crippen molar-refractivity contribution in [2.45, 2.75) is 46.3 Å². The number of nitrogens with zero attached hydrogens (tertiary/aromatic N) is 2. The van der Waals surface area contributed by atoms with Gasteiger partial charge < -0.3 is 14.4 Å². The summed E-state index contributed by atoms with van der Waals surface area (Å²) in [7, 11) is 0. The van der Waals surface area contributed by atoms with Gasteiger partial charge >= 0.3 is 5.97 Å². The topological polar surface area (TPSA) is 75.2 Å². The maximum atomic E-state index is 14.4. The molecule has 6 heteroatoms. The second-order valence-electron chi connectivity index (χ2n) is 6.66. The van der Waals surface area contributed by atoms with Gasteiger partial charge in [0.2, 0.25) is 0 Å². The van der Waals surface area contributed by atoms with Gasteiger partial charge in [-0.2, -0.15) is 5.26 Å². The minimum absolute atomic E-state index is 0.00853. The van der Waals surface area contributed by atoms with Crippen molar-refractivity contribution in [2.24, 2.45) is 5.92 Å². The highest BCUT2D eigenvalue weighted by molar-refractivity contribution is 5.94. The molecule has 0 saturated heterocycles. The number of fused-ring (bicyclic) bond motifs is 3. The number of aliphatic carboxylic acids is 1. The molecule has 2 atom stereocenters. The Bertz CT molecular complexity index is 895. The fourth-order valence-corrected chi connectivity index (χ4v) is 3.82. The minimum Gasteiger partial charge on any atom is -0.480 e. The zero-order valence-electron chi connectivity index (χ0n) is 14.6. The van der Waals surface area contributed by atoms with Crippen molar-refractivity contribution in [3.8, 4) is 6.07 Å². The van der Waals surface area contributed by atoms with Crippen LogP contribution >= 0.6 is 0 Å². The van der Waals surface area contributed by atoms with Gasteiger partial charge in [-0.05, 0) is 36.5 Å². The summed E-state index contributed by atoms with van der Waals surface area (Å²) >= 11 is 0. The zero-order chi connectivity index (χ0) is 18.3. The number of aryl methyl sites for hydroxylation is 1. The Hall–Kier alpha value is -2.39. The molecule has 0 amide bonds. The largest absolute Gasteiger partial charge is 0.480 e. The van der Waals surface area contributed by atoms with Gasteiger partial charge in [0.25, 0.3) is 0 Å². The van der Waals surface area contributed by atoms with Gasteiger partial charge in [-0.1, -0.05) is 20.3 Å². The molecule has 132 valence electrons. The van der Waals surface area contributed by atoms with Crippen molar-refractivity contribution >= 4 is 16.9 Å². The summed E-state index contributed by atoms with van der Waals surface area (Å²) < 4.78 is 22.0. The summed E-state index contributed by atoms with van der Waals surface area (Å²) in [6, 6.07) is 3.27. The molecule has 0 radical (unpaired) electrons. The number of carbonyl (C=O) groups is 1. The van der Waals surface area contributed by atoms with Crippen molar-refractivity contribution < 1.29 is 19.0 Å². The third kappa shape index (κ3) is 2.69. The van der Waals surface area contributed by atoms with E-state index in [1.807, 2.05) is 6.07 Å². The number of aromatic nitrogens is 1. The highest BCUT2D eigenvalue weighted by Crippen LogP contribution is 2.42. The number of carboxylic acids is 1. The van der Waals surface area contributed by atoms with Gasteiger partial charge in [0, 0.05) is 5.39 Å². The molecule has 3 rings (SSSR count). The van der Waals surface area contributed by atoms with Crippen LogP contribution in [-0.4, -0.2) is 22.2 Å². The maximum Gasteiger partial charge on any atom is 0.323 e. The van der Waals surface area contributed by atoms with Gasteiger partial charge in [-0.3, -0.25) is 4.79 Å². The average Bonchev–Trinajstić information content (AvgIpc) is 2.89. The van der Waals surface area contributed by atoms with Gasteiger partial charge in [-0.25, -0.2) is 4.39 Å². The lowest BCUT2D eigenvalue weighted by Gasteiger charge is -2.30. The molecule has 25 heavy (non-hydrogen) atoms. The van der Waals surface area contributed by atoms with Gasteiger partial charge in [0.1, 0.15) is 24.5 Å². The van der Waals surface area contributed by atoms with Crippen molar-refractivity contribution in [3.63, 3.8) is 0 Å². The van der Waals surface area contributed by atoms with E-state index in [4.69, 9.17) is 4.74 Å². The number of rotatable bonds is 4.